The fraction of sp³-hybridized carbons (Fsp3) is 0.222. The molecule has 0 unspecified atom stereocenters. The molecule has 2 aromatic carbocycles. The number of anilines is 1. The minimum Gasteiger partial charge on any atom is -0.322 e. The van der Waals surface area contributed by atoms with Crippen molar-refractivity contribution in [3.05, 3.63) is 68.6 Å². The SMILES string of the molecule is CCn1c(=O)n(CC)c2cc(NC(=O)c3cccc([N+](=O)[O-])c3)ccc21. The third-order valence-electron chi connectivity index (χ3n) is 4.23. The lowest BCUT2D eigenvalue weighted by Crippen LogP contribution is -2.23. The Morgan fingerprint density at radius 2 is 1.77 bits per heavy atom. The van der Waals surface area contributed by atoms with Gasteiger partial charge in [0.25, 0.3) is 11.6 Å². The zero-order chi connectivity index (χ0) is 18.8. The number of aryl methyl sites for hydroxylation is 2. The number of nitrogens with zero attached hydrogens (tertiary/aromatic N) is 3. The van der Waals surface area contributed by atoms with Crippen LogP contribution < -0.4 is 11.0 Å². The highest BCUT2D eigenvalue weighted by molar-refractivity contribution is 6.05. The van der Waals surface area contributed by atoms with Gasteiger partial charge in [0.2, 0.25) is 0 Å². The van der Waals surface area contributed by atoms with Crippen LogP contribution in [-0.2, 0) is 13.1 Å². The molecule has 3 rings (SSSR count). The fourth-order valence-corrected chi connectivity index (χ4v) is 2.97. The Bertz CT molecular complexity index is 1060. The lowest BCUT2D eigenvalue weighted by atomic mass is 10.2. The van der Waals surface area contributed by atoms with Crippen molar-refractivity contribution in [2.75, 3.05) is 5.32 Å². The molecule has 26 heavy (non-hydrogen) atoms. The number of hydrogen-bond acceptors (Lipinski definition) is 4. The van der Waals surface area contributed by atoms with Crippen molar-refractivity contribution >= 4 is 28.3 Å². The molecule has 0 spiro atoms. The largest absolute Gasteiger partial charge is 0.329 e. The van der Waals surface area contributed by atoms with Crippen LogP contribution in [-0.4, -0.2) is 20.0 Å². The smallest absolute Gasteiger partial charge is 0.322 e. The standard InChI is InChI=1S/C18H18N4O4/c1-3-20-15-9-8-13(11-16(15)21(4-2)18(20)24)19-17(23)12-6-5-7-14(10-12)22(25)26/h5-11H,3-4H2,1-2H3,(H,19,23). The van der Waals surface area contributed by atoms with E-state index in [1.165, 1.54) is 24.3 Å². The Balaban J connectivity index is 1.96. The van der Waals surface area contributed by atoms with E-state index >= 15 is 0 Å². The Hall–Kier alpha value is -3.42. The van der Waals surface area contributed by atoms with Gasteiger partial charge in [0.05, 0.1) is 16.0 Å². The molecule has 1 aromatic heterocycles. The van der Waals surface area contributed by atoms with Crippen molar-refractivity contribution in [1.29, 1.82) is 0 Å². The summed E-state index contributed by atoms with van der Waals surface area (Å²) < 4.78 is 3.31. The summed E-state index contributed by atoms with van der Waals surface area (Å²) >= 11 is 0. The Morgan fingerprint density at radius 1 is 1.08 bits per heavy atom. The number of amides is 1. The minimum atomic E-state index is -0.545. The lowest BCUT2D eigenvalue weighted by Gasteiger charge is -2.07. The van der Waals surface area contributed by atoms with Gasteiger partial charge < -0.3 is 5.32 Å². The van der Waals surface area contributed by atoms with E-state index in [0.29, 0.717) is 18.8 Å². The Labute approximate surface area is 148 Å². The van der Waals surface area contributed by atoms with E-state index in [1.54, 1.807) is 27.3 Å². The van der Waals surface area contributed by atoms with Crippen LogP contribution in [0.3, 0.4) is 0 Å². The number of nitro benzene ring substituents is 1. The number of benzene rings is 2. The molecule has 1 amide bonds. The molecule has 134 valence electrons. The van der Waals surface area contributed by atoms with Crippen LogP contribution in [0.2, 0.25) is 0 Å². The van der Waals surface area contributed by atoms with Crippen molar-refractivity contribution < 1.29 is 9.72 Å². The number of nitro groups is 1. The van der Waals surface area contributed by atoms with E-state index in [0.717, 1.165) is 11.0 Å². The van der Waals surface area contributed by atoms with Gasteiger partial charge in [-0.1, -0.05) is 6.07 Å². The van der Waals surface area contributed by atoms with Crippen molar-refractivity contribution in [3.63, 3.8) is 0 Å². The van der Waals surface area contributed by atoms with Crippen molar-refractivity contribution in [2.45, 2.75) is 26.9 Å². The summed E-state index contributed by atoms with van der Waals surface area (Å²) in [7, 11) is 0. The van der Waals surface area contributed by atoms with Gasteiger partial charge in [0.1, 0.15) is 0 Å². The molecule has 1 N–H and O–H groups in total. The molecule has 3 aromatic rings. The summed E-state index contributed by atoms with van der Waals surface area (Å²) in [6.07, 6.45) is 0. The number of fused-ring (bicyclic) bond motifs is 1. The Kier molecular flexibility index (Phi) is 4.57. The number of carbonyl (C=O) groups is 1. The maximum Gasteiger partial charge on any atom is 0.329 e. The predicted octanol–water partition coefficient (Wildman–Crippen LogP) is 3.00. The van der Waals surface area contributed by atoms with Gasteiger partial charge in [-0.2, -0.15) is 0 Å². The summed E-state index contributed by atoms with van der Waals surface area (Å²) in [5.41, 5.74) is 2.01. The number of carbonyl (C=O) groups excluding carboxylic acids is 1. The van der Waals surface area contributed by atoms with Crippen LogP contribution in [0.4, 0.5) is 11.4 Å². The second-order valence-corrected chi connectivity index (χ2v) is 5.74. The molecule has 0 radical (unpaired) electrons. The maximum atomic E-state index is 12.4. The van der Waals surface area contributed by atoms with E-state index in [4.69, 9.17) is 0 Å². The highest BCUT2D eigenvalue weighted by Crippen LogP contribution is 2.20. The van der Waals surface area contributed by atoms with E-state index in [1.807, 2.05) is 13.8 Å². The monoisotopic (exact) mass is 354 g/mol. The molecule has 0 fully saturated rings. The first kappa shape index (κ1) is 17.4. The second kappa shape index (κ2) is 6.83. The van der Waals surface area contributed by atoms with Gasteiger partial charge >= 0.3 is 5.69 Å². The van der Waals surface area contributed by atoms with Gasteiger partial charge in [-0.25, -0.2) is 4.79 Å². The molecular formula is C18H18N4O4. The predicted molar refractivity (Wildman–Crippen MR) is 98.6 cm³/mol. The molecule has 8 nitrogen and oxygen atoms in total. The normalized spacial score (nSPS) is 10.8. The number of nitrogens with one attached hydrogen (secondary N) is 1. The van der Waals surface area contributed by atoms with Crippen LogP contribution in [0.15, 0.2) is 47.3 Å². The zero-order valence-electron chi connectivity index (χ0n) is 14.4. The molecule has 0 bridgehead atoms. The molecule has 0 aliphatic rings. The summed E-state index contributed by atoms with van der Waals surface area (Å²) in [6, 6.07) is 10.8. The molecular weight excluding hydrogens is 336 g/mol. The minimum absolute atomic E-state index is 0.0906. The van der Waals surface area contributed by atoms with Crippen LogP contribution >= 0.6 is 0 Å². The summed E-state index contributed by atoms with van der Waals surface area (Å²) in [5.74, 6) is -0.451. The first-order valence-corrected chi connectivity index (χ1v) is 8.25. The molecule has 1 heterocycles. The summed E-state index contributed by atoms with van der Waals surface area (Å²) in [5, 5.41) is 13.6. The number of non-ortho nitro benzene ring substituents is 1. The quantitative estimate of drug-likeness (QED) is 0.562. The molecule has 0 saturated carbocycles. The third-order valence-corrected chi connectivity index (χ3v) is 4.23. The van der Waals surface area contributed by atoms with E-state index in [2.05, 4.69) is 5.32 Å². The van der Waals surface area contributed by atoms with E-state index in [9.17, 15) is 19.7 Å². The van der Waals surface area contributed by atoms with Gasteiger partial charge in [0.15, 0.2) is 0 Å². The van der Waals surface area contributed by atoms with Crippen LogP contribution in [0.25, 0.3) is 11.0 Å². The first-order valence-electron chi connectivity index (χ1n) is 8.25. The third kappa shape index (κ3) is 2.97. The van der Waals surface area contributed by atoms with Crippen molar-refractivity contribution in [2.24, 2.45) is 0 Å². The van der Waals surface area contributed by atoms with Gasteiger partial charge in [-0.3, -0.25) is 24.0 Å². The highest BCUT2D eigenvalue weighted by atomic mass is 16.6. The molecule has 0 saturated heterocycles. The average Bonchev–Trinajstić information content (AvgIpc) is 2.91. The number of rotatable bonds is 5. The molecule has 0 aliphatic heterocycles. The van der Waals surface area contributed by atoms with E-state index < -0.39 is 10.8 Å². The topological polar surface area (TPSA) is 99.2 Å². The molecule has 0 atom stereocenters. The van der Waals surface area contributed by atoms with Crippen LogP contribution in [0.1, 0.15) is 24.2 Å². The van der Waals surface area contributed by atoms with Crippen LogP contribution in [0, 0.1) is 10.1 Å². The maximum absolute atomic E-state index is 12.4. The molecule has 8 heteroatoms. The van der Waals surface area contributed by atoms with Crippen molar-refractivity contribution in [1.82, 2.24) is 9.13 Å². The highest BCUT2D eigenvalue weighted by Gasteiger charge is 2.14. The zero-order valence-corrected chi connectivity index (χ0v) is 14.4. The summed E-state index contributed by atoms with van der Waals surface area (Å²) in [6.45, 7) is 4.86. The van der Waals surface area contributed by atoms with Crippen molar-refractivity contribution in [3.8, 4) is 0 Å². The molecule has 0 aliphatic carbocycles. The fourth-order valence-electron chi connectivity index (χ4n) is 2.97. The van der Waals surface area contributed by atoms with Gasteiger partial charge in [0, 0.05) is 36.5 Å². The Morgan fingerprint density at radius 3 is 2.42 bits per heavy atom. The average molecular weight is 354 g/mol. The first-order chi connectivity index (χ1) is 12.5. The number of imidazole rings is 1. The second-order valence-electron chi connectivity index (χ2n) is 5.74. The van der Waals surface area contributed by atoms with Gasteiger partial charge in [-0.05, 0) is 38.1 Å². The van der Waals surface area contributed by atoms with Crippen LogP contribution in [0.5, 0.6) is 0 Å². The number of aromatic nitrogens is 2. The lowest BCUT2D eigenvalue weighted by molar-refractivity contribution is -0.384. The van der Waals surface area contributed by atoms with Gasteiger partial charge in [-0.15, -0.1) is 0 Å². The number of hydrogen-bond donors (Lipinski definition) is 1. The van der Waals surface area contributed by atoms with E-state index in [-0.39, 0.29) is 16.9 Å². The summed E-state index contributed by atoms with van der Waals surface area (Å²) in [4.78, 5) is 35.1.